The molecule has 1 heterocycles. The number of nitrogen functional groups attached to an aromatic ring is 1. The van der Waals surface area contributed by atoms with Crippen LogP contribution in [0, 0.1) is 13.8 Å². The number of nitrogens with two attached hydrogens (primary N) is 1. The third-order valence-corrected chi connectivity index (χ3v) is 5.49. The van der Waals surface area contributed by atoms with Crippen LogP contribution in [-0.2, 0) is 16.4 Å². The Hall–Kier alpha value is -1.60. The zero-order valence-electron chi connectivity index (χ0n) is 11.6. The third-order valence-electron chi connectivity index (χ3n) is 2.94. The molecule has 0 saturated heterocycles. The van der Waals surface area contributed by atoms with Crippen LogP contribution in [0.25, 0.3) is 0 Å². The first kappa shape index (κ1) is 14.8. The Morgan fingerprint density at radius 2 is 2.05 bits per heavy atom. The second kappa shape index (κ2) is 5.41. The number of rotatable bonds is 4. The molecule has 3 N–H and O–H groups in total. The molecule has 2 aromatic rings. The van der Waals surface area contributed by atoms with Gasteiger partial charge >= 0.3 is 0 Å². The molecular weight excluding hydrogens is 294 g/mol. The van der Waals surface area contributed by atoms with E-state index in [0.717, 1.165) is 17.0 Å². The van der Waals surface area contributed by atoms with Gasteiger partial charge in [0.05, 0.1) is 10.6 Å². The fourth-order valence-electron chi connectivity index (χ4n) is 1.94. The Balaban J connectivity index is 2.35. The van der Waals surface area contributed by atoms with E-state index in [4.69, 9.17) is 5.73 Å². The van der Waals surface area contributed by atoms with Crippen LogP contribution in [0.1, 0.15) is 23.1 Å². The lowest BCUT2D eigenvalue weighted by Crippen LogP contribution is -2.14. The van der Waals surface area contributed by atoms with Crippen molar-refractivity contribution < 1.29 is 8.42 Å². The van der Waals surface area contributed by atoms with Crippen molar-refractivity contribution in [3.05, 3.63) is 34.3 Å². The molecule has 1 aromatic carbocycles. The number of nitrogens with one attached hydrogen (secondary N) is 1. The summed E-state index contributed by atoms with van der Waals surface area (Å²) in [6.45, 7) is 5.64. The summed E-state index contributed by atoms with van der Waals surface area (Å²) in [5.41, 5.74) is 7.71. The van der Waals surface area contributed by atoms with Crippen LogP contribution in [0.5, 0.6) is 0 Å². The standard InChI is InChI=1S/C13H17N3O2S2/c1-4-11-9(3)19-13(15-11)16-20(17,18)12-6-5-10(14)7-8(12)2/h5-7H,4,14H2,1-3H3,(H,15,16). The van der Waals surface area contributed by atoms with E-state index in [9.17, 15) is 8.42 Å². The van der Waals surface area contributed by atoms with Crippen LogP contribution in [0.3, 0.4) is 0 Å². The molecule has 0 unspecified atom stereocenters. The number of anilines is 2. The van der Waals surface area contributed by atoms with Gasteiger partial charge < -0.3 is 5.73 Å². The lowest BCUT2D eigenvalue weighted by Gasteiger charge is -2.08. The van der Waals surface area contributed by atoms with E-state index in [0.29, 0.717) is 16.4 Å². The van der Waals surface area contributed by atoms with Crippen molar-refractivity contribution in [3.63, 3.8) is 0 Å². The lowest BCUT2D eigenvalue weighted by atomic mass is 10.2. The molecule has 0 aliphatic rings. The van der Waals surface area contributed by atoms with Gasteiger partial charge in [-0.25, -0.2) is 13.4 Å². The molecule has 0 bridgehead atoms. The summed E-state index contributed by atoms with van der Waals surface area (Å²) in [7, 11) is -3.63. The van der Waals surface area contributed by atoms with E-state index in [-0.39, 0.29) is 4.90 Å². The Bertz CT molecular complexity index is 736. The van der Waals surface area contributed by atoms with Crippen LogP contribution >= 0.6 is 11.3 Å². The predicted molar refractivity (Wildman–Crippen MR) is 82.6 cm³/mol. The summed E-state index contributed by atoms with van der Waals surface area (Å²) in [6.07, 6.45) is 0.783. The minimum Gasteiger partial charge on any atom is -0.399 e. The molecule has 0 aliphatic carbocycles. The number of aromatic nitrogens is 1. The smallest absolute Gasteiger partial charge is 0.263 e. The summed E-state index contributed by atoms with van der Waals surface area (Å²) < 4.78 is 27.2. The Labute approximate surface area is 122 Å². The predicted octanol–water partition coefficient (Wildman–Crippen LogP) is 2.71. The molecule has 7 heteroatoms. The maximum absolute atomic E-state index is 12.4. The van der Waals surface area contributed by atoms with Crippen molar-refractivity contribution in [3.8, 4) is 0 Å². The molecule has 0 saturated carbocycles. The van der Waals surface area contributed by atoms with Crippen LogP contribution < -0.4 is 10.5 Å². The second-order valence-corrected chi connectivity index (χ2v) is 7.36. The molecule has 1 aromatic heterocycles. The first-order valence-corrected chi connectivity index (χ1v) is 8.48. The molecule has 0 radical (unpaired) electrons. The van der Waals surface area contributed by atoms with Crippen LogP contribution in [0.4, 0.5) is 10.8 Å². The average Bonchev–Trinajstić information content (AvgIpc) is 2.67. The number of sulfonamides is 1. The number of hydrogen-bond donors (Lipinski definition) is 2. The number of hydrogen-bond acceptors (Lipinski definition) is 5. The lowest BCUT2D eigenvalue weighted by molar-refractivity contribution is 0.600. The minimum atomic E-state index is -3.63. The molecule has 0 spiro atoms. The van der Waals surface area contributed by atoms with Gasteiger partial charge in [0.1, 0.15) is 0 Å². The molecule has 108 valence electrons. The van der Waals surface area contributed by atoms with Crippen LogP contribution in [0.15, 0.2) is 23.1 Å². The summed E-state index contributed by atoms with van der Waals surface area (Å²) in [5, 5.41) is 0.399. The normalized spacial score (nSPS) is 11.6. The van der Waals surface area contributed by atoms with Gasteiger partial charge in [-0.15, -0.1) is 11.3 Å². The SMILES string of the molecule is CCc1nc(NS(=O)(=O)c2ccc(N)cc2C)sc1C. The monoisotopic (exact) mass is 311 g/mol. The summed E-state index contributed by atoms with van der Waals surface area (Å²) in [5.74, 6) is 0. The Morgan fingerprint density at radius 1 is 1.35 bits per heavy atom. The van der Waals surface area contributed by atoms with Crippen LogP contribution in [-0.4, -0.2) is 13.4 Å². The highest BCUT2D eigenvalue weighted by Crippen LogP contribution is 2.26. The maximum Gasteiger partial charge on any atom is 0.263 e. The molecule has 0 fully saturated rings. The fraction of sp³-hybridized carbons (Fsp3) is 0.308. The molecule has 5 nitrogen and oxygen atoms in total. The zero-order chi connectivity index (χ0) is 14.9. The van der Waals surface area contributed by atoms with E-state index in [1.165, 1.54) is 17.4 Å². The van der Waals surface area contributed by atoms with E-state index in [1.54, 1.807) is 19.1 Å². The van der Waals surface area contributed by atoms with E-state index in [1.807, 2.05) is 13.8 Å². The highest BCUT2D eigenvalue weighted by atomic mass is 32.2. The largest absolute Gasteiger partial charge is 0.399 e. The maximum atomic E-state index is 12.4. The van der Waals surface area contributed by atoms with Gasteiger partial charge in [0, 0.05) is 10.6 Å². The minimum absolute atomic E-state index is 0.220. The summed E-state index contributed by atoms with van der Waals surface area (Å²) in [6, 6.07) is 4.72. The first-order valence-electron chi connectivity index (χ1n) is 6.18. The van der Waals surface area contributed by atoms with Gasteiger partial charge in [0.2, 0.25) is 0 Å². The highest BCUT2D eigenvalue weighted by molar-refractivity contribution is 7.93. The number of thiazole rings is 1. The highest BCUT2D eigenvalue weighted by Gasteiger charge is 2.19. The van der Waals surface area contributed by atoms with Gasteiger partial charge in [-0.1, -0.05) is 6.92 Å². The quantitative estimate of drug-likeness (QED) is 0.850. The van der Waals surface area contributed by atoms with Crippen molar-refractivity contribution in [2.75, 3.05) is 10.5 Å². The fourth-order valence-corrected chi connectivity index (χ4v) is 4.31. The van der Waals surface area contributed by atoms with Crippen molar-refractivity contribution in [2.24, 2.45) is 0 Å². The van der Waals surface area contributed by atoms with E-state index in [2.05, 4.69) is 9.71 Å². The van der Waals surface area contributed by atoms with Crippen LogP contribution in [0.2, 0.25) is 0 Å². The zero-order valence-corrected chi connectivity index (χ0v) is 13.2. The molecular formula is C13H17N3O2S2. The third kappa shape index (κ3) is 2.94. The van der Waals surface area contributed by atoms with Gasteiger partial charge in [-0.3, -0.25) is 4.72 Å². The number of benzene rings is 1. The first-order chi connectivity index (χ1) is 9.33. The molecule has 2 rings (SSSR count). The molecule has 0 aliphatic heterocycles. The van der Waals surface area contributed by atoms with E-state index >= 15 is 0 Å². The number of aryl methyl sites for hydroxylation is 3. The van der Waals surface area contributed by atoms with Crippen molar-refractivity contribution in [2.45, 2.75) is 32.1 Å². The number of nitrogens with zero attached hydrogens (tertiary/aromatic N) is 1. The topological polar surface area (TPSA) is 85.1 Å². The molecule has 0 amide bonds. The van der Waals surface area contributed by atoms with Crippen molar-refractivity contribution >= 4 is 32.2 Å². The molecule has 0 atom stereocenters. The Morgan fingerprint density at radius 3 is 2.60 bits per heavy atom. The average molecular weight is 311 g/mol. The Kier molecular flexibility index (Phi) is 4.01. The van der Waals surface area contributed by atoms with Gasteiger partial charge in [0.25, 0.3) is 10.0 Å². The second-order valence-electron chi connectivity index (χ2n) is 4.51. The van der Waals surface area contributed by atoms with Gasteiger partial charge in [-0.2, -0.15) is 0 Å². The van der Waals surface area contributed by atoms with E-state index < -0.39 is 10.0 Å². The van der Waals surface area contributed by atoms with Crippen molar-refractivity contribution in [1.82, 2.24) is 4.98 Å². The van der Waals surface area contributed by atoms with Gasteiger partial charge in [0.15, 0.2) is 5.13 Å². The van der Waals surface area contributed by atoms with Gasteiger partial charge in [-0.05, 0) is 44.0 Å². The summed E-state index contributed by atoms with van der Waals surface area (Å²) in [4.78, 5) is 5.54. The molecule has 20 heavy (non-hydrogen) atoms. The summed E-state index contributed by atoms with van der Waals surface area (Å²) >= 11 is 1.34. The van der Waals surface area contributed by atoms with Crippen molar-refractivity contribution in [1.29, 1.82) is 0 Å².